The number of benzene rings is 2. The van der Waals surface area contributed by atoms with Crippen LogP contribution in [-0.4, -0.2) is 16.7 Å². The number of nitrogens with zero attached hydrogens (tertiary/aromatic N) is 2. The maximum Gasteiger partial charge on any atom is 0.248 e. The maximum atomic E-state index is 5.49. The van der Waals surface area contributed by atoms with Crippen molar-refractivity contribution in [3.63, 3.8) is 0 Å². The third-order valence-corrected chi connectivity index (χ3v) is 3.83. The van der Waals surface area contributed by atoms with Crippen molar-refractivity contribution in [3.05, 3.63) is 71.6 Å². The van der Waals surface area contributed by atoms with Crippen molar-refractivity contribution in [2.75, 3.05) is 6.54 Å². The monoisotopic (exact) mass is 277 g/mol. The van der Waals surface area contributed by atoms with Crippen LogP contribution in [0.1, 0.15) is 23.1 Å². The molecule has 3 aromatic rings. The van der Waals surface area contributed by atoms with Crippen molar-refractivity contribution in [3.8, 4) is 11.4 Å². The zero-order valence-corrected chi connectivity index (χ0v) is 11.5. The quantitative estimate of drug-likeness (QED) is 0.782. The van der Waals surface area contributed by atoms with Gasteiger partial charge in [0, 0.05) is 12.1 Å². The number of fused-ring (bicyclic) bond motifs is 1. The molecular weight excluding hydrogens is 262 g/mol. The molecule has 0 aliphatic carbocycles. The molecular formula is C17H15N3O. The molecule has 0 amide bonds. The second-order valence-corrected chi connectivity index (χ2v) is 5.16. The molecule has 0 radical (unpaired) electrons. The Morgan fingerprint density at radius 3 is 2.71 bits per heavy atom. The SMILES string of the molecule is c1ccc(-c2noc(C3NCCc4ccccc43)n2)cc1. The van der Waals surface area contributed by atoms with Gasteiger partial charge in [0.1, 0.15) is 6.04 Å². The number of aromatic nitrogens is 2. The van der Waals surface area contributed by atoms with E-state index in [9.17, 15) is 0 Å². The molecule has 4 heteroatoms. The summed E-state index contributed by atoms with van der Waals surface area (Å²) in [6, 6.07) is 18.3. The lowest BCUT2D eigenvalue weighted by Gasteiger charge is -2.23. The molecule has 2 aromatic carbocycles. The Balaban J connectivity index is 1.71. The Bertz CT molecular complexity index is 751. The fourth-order valence-corrected chi connectivity index (χ4v) is 2.78. The summed E-state index contributed by atoms with van der Waals surface area (Å²) in [5, 5.41) is 7.57. The molecule has 21 heavy (non-hydrogen) atoms. The van der Waals surface area contributed by atoms with Crippen LogP contribution in [0, 0.1) is 0 Å². The molecule has 1 atom stereocenters. The first-order chi connectivity index (χ1) is 10.4. The average molecular weight is 277 g/mol. The largest absolute Gasteiger partial charge is 0.337 e. The topological polar surface area (TPSA) is 51.0 Å². The van der Waals surface area contributed by atoms with Crippen LogP contribution in [0.3, 0.4) is 0 Å². The highest BCUT2D eigenvalue weighted by Gasteiger charge is 2.26. The second-order valence-electron chi connectivity index (χ2n) is 5.16. The Morgan fingerprint density at radius 2 is 1.81 bits per heavy atom. The van der Waals surface area contributed by atoms with Gasteiger partial charge in [0.2, 0.25) is 11.7 Å². The first-order valence-corrected chi connectivity index (χ1v) is 7.12. The summed E-state index contributed by atoms with van der Waals surface area (Å²) in [5.41, 5.74) is 3.55. The van der Waals surface area contributed by atoms with Crippen LogP contribution in [0.15, 0.2) is 59.1 Å². The van der Waals surface area contributed by atoms with E-state index in [4.69, 9.17) is 4.52 Å². The molecule has 104 valence electrons. The van der Waals surface area contributed by atoms with Crippen LogP contribution in [0.25, 0.3) is 11.4 Å². The normalized spacial score (nSPS) is 17.4. The number of nitrogens with one attached hydrogen (secondary N) is 1. The van der Waals surface area contributed by atoms with Gasteiger partial charge in [0.25, 0.3) is 0 Å². The Hall–Kier alpha value is -2.46. The van der Waals surface area contributed by atoms with Crippen LogP contribution in [0.2, 0.25) is 0 Å². The van der Waals surface area contributed by atoms with Gasteiger partial charge in [-0.3, -0.25) is 0 Å². The van der Waals surface area contributed by atoms with Gasteiger partial charge in [-0.05, 0) is 17.5 Å². The Kier molecular flexibility index (Phi) is 3.01. The van der Waals surface area contributed by atoms with Crippen LogP contribution in [0.4, 0.5) is 0 Å². The van der Waals surface area contributed by atoms with E-state index in [2.05, 4.69) is 33.7 Å². The summed E-state index contributed by atoms with van der Waals surface area (Å²) >= 11 is 0. The van der Waals surface area contributed by atoms with Gasteiger partial charge in [-0.2, -0.15) is 4.98 Å². The van der Waals surface area contributed by atoms with Crippen LogP contribution >= 0.6 is 0 Å². The van der Waals surface area contributed by atoms with Crippen LogP contribution in [0.5, 0.6) is 0 Å². The summed E-state index contributed by atoms with van der Waals surface area (Å²) in [7, 11) is 0. The minimum Gasteiger partial charge on any atom is -0.337 e. The van der Waals surface area contributed by atoms with E-state index >= 15 is 0 Å². The van der Waals surface area contributed by atoms with E-state index in [-0.39, 0.29) is 6.04 Å². The predicted octanol–water partition coefficient (Wildman–Crippen LogP) is 2.97. The highest BCUT2D eigenvalue weighted by molar-refractivity contribution is 5.53. The predicted molar refractivity (Wildman–Crippen MR) is 79.7 cm³/mol. The van der Waals surface area contributed by atoms with E-state index in [0.717, 1.165) is 18.5 Å². The molecule has 4 nitrogen and oxygen atoms in total. The van der Waals surface area contributed by atoms with Crippen molar-refractivity contribution in [2.45, 2.75) is 12.5 Å². The Labute approximate surface area is 122 Å². The zero-order chi connectivity index (χ0) is 14.1. The zero-order valence-electron chi connectivity index (χ0n) is 11.5. The lowest BCUT2D eigenvalue weighted by atomic mass is 9.94. The van der Waals surface area contributed by atoms with Gasteiger partial charge >= 0.3 is 0 Å². The highest BCUT2D eigenvalue weighted by Crippen LogP contribution is 2.28. The molecule has 1 unspecified atom stereocenters. The van der Waals surface area contributed by atoms with E-state index in [0.29, 0.717) is 11.7 Å². The van der Waals surface area contributed by atoms with Gasteiger partial charge in [0.05, 0.1) is 0 Å². The van der Waals surface area contributed by atoms with Gasteiger partial charge in [-0.1, -0.05) is 59.8 Å². The van der Waals surface area contributed by atoms with Crippen molar-refractivity contribution >= 4 is 0 Å². The van der Waals surface area contributed by atoms with E-state index < -0.39 is 0 Å². The molecule has 1 N–H and O–H groups in total. The third-order valence-electron chi connectivity index (χ3n) is 3.83. The van der Waals surface area contributed by atoms with E-state index in [1.54, 1.807) is 0 Å². The Morgan fingerprint density at radius 1 is 1.00 bits per heavy atom. The highest BCUT2D eigenvalue weighted by atomic mass is 16.5. The molecule has 1 aliphatic heterocycles. The van der Waals surface area contributed by atoms with Crippen molar-refractivity contribution in [1.82, 2.24) is 15.5 Å². The molecule has 0 spiro atoms. The summed E-state index contributed by atoms with van der Waals surface area (Å²) in [6.07, 6.45) is 1.03. The molecule has 2 heterocycles. The van der Waals surface area contributed by atoms with Gasteiger partial charge < -0.3 is 9.84 Å². The van der Waals surface area contributed by atoms with Crippen molar-refractivity contribution in [2.24, 2.45) is 0 Å². The minimum absolute atomic E-state index is 0.0140. The van der Waals surface area contributed by atoms with E-state index in [1.807, 2.05) is 36.4 Å². The standard InChI is InChI=1S/C17H15N3O/c1-2-7-13(8-3-1)16-19-17(21-20-16)15-14-9-5-4-6-12(14)10-11-18-15/h1-9,15,18H,10-11H2. The van der Waals surface area contributed by atoms with Crippen LogP contribution < -0.4 is 5.32 Å². The van der Waals surface area contributed by atoms with E-state index in [1.165, 1.54) is 11.1 Å². The number of hydrogen-bond acceptors (Lipinski definition) is 4. The summed E-state index contributed by atoms with van der Waals surface area (Å²) in [4.78, 5) is 4.56. The van der Waals surface area contributed by atoms with Gasteiger partial charge in [-0.15, -0.1) is 0 Å². The van der Waals surface area contributed by atoms with Gasteiger partial charge in [0.15, 0.2) is 0 Å². The summed E-state index contributed by atoms with van der Waals surface area (Å²) < 4.78 is 5.49. The number of rotatable bonds is 2. The molecule has 4 rings (SSSR count). The molecule has 1 aliphatic rings. The molecule has 0 fully saturated rings. The first kappa shape index (κ1) is 12.3. The number of hydrogen-bond donors (Lipinski definition) is 1. The fourth-order valence-electron chi connectivity index (χ4n) is 2.78. The fraction of sp³-hybridized carbons (Fsp3) is 0.176. The second kappa shape index (κ2) is 5.14. The van der Waals surface area contributed by atoms with Gasteiger partial charge in [-0.25, -0.2) is 0 Å². The molecule has 0 saturated heterocycles. The first-order valence-electron chi connectivity index (χ1n) is 7.12. The minimum atomic E-state index is -0.0140. The lowest BCUT2D eigenvalue weighted by molar-refractivity contribution is 0.344. The molecule has 0 saturated carbocycles. The lowest BCUT2D eigenvalue weighted by Crippen LogP contribution is -2.30. The van der Waals surface area contributed by atoms with Crippen molar-refractivity contribution in [1.29, 1.82) is 0 Å². The van der Waals surface area contributed by atoms with Crippen LogP contribution in [-0.2, 0) is 6.42 Å². The average Bonchev–Trinajstić information content (AvgIpc) is 3.05. The summed E-state index contributed by atoms with van der Waals surface area (Å²) in [5.74, 6) is 1.26. The maximum absolute atomic E-state index is 5.49. The molecule has 0 bridgehead atoms. The smallest absolute Gasteiger partial charge is 0.248 e. The molecule has 1 aromatic heterocycles. The van der Waals surface area contributed by atoms with Crippen molar-refractivity contribution < 1.29 is 4.52 Å². The third kappa shape index (κ3) is 2.23. The summed E-state index contributed by atoms with van der Waals surface area (Å²) in [6.45, 7) is 0.921.